The van der Waals surface area contributed by atoms with Crippen molar-refractivity contribution >= 4 is 0 Å². The number of phenolic OH excluding ortho intramolecular Hbond substituents is 1. The predicted molar refractivity (Wildman–Crippen MR) is 106 cm³/mol. The SMILES string of the molecule is CCCCCCc1cc(C2NNCC2c2ccccc2)c(O)cc1OC. The highest BCUT2D eigenvalue weighted by Crippen LogP contribution is 2.40. The third-order valence-electron chi connectivity index (χ3n) is 5.27. The van der Waals surface area contributed by atoms with Crippen LogP contribution in [0.2, 0.25) is 0 Å². The van der Waals surface area contributed by atoms with Gasteiger partial charge in [0.2, 0.25) is 0 Å². The summed E-state index contributed by atoms with van der Waals surface area (Å²) in [4.78, 5) is 0. The molecule has 2 aromatic carbocycles. The minimum Gasteiger partial charge on any atom is -0.507 e. The zero-order chi connectivity index (χ0) is 18.4. The highest BCUT2D eigenvalue weighted by Gasteiger charge is 2.31. The Morgan fingerprint density at radius 2 is 1.92 bits per heavy atom. The Kier molecular flexibility index (Phi) is 6.53. The van der Waals surface area contributed by atoms with E-state index >= 15 is 0 Å². The number of hydrogen-bond acceptors (Lipinski definition) is 4. The molecule has 2 unspecified atom stereocenters. The second kappa shape index (κ2) is 9.06. The number of hydrogen-bond donors (Lipinski definition) is 3. The van der Waals surface area contributed by atoms with E-state index in [9.17, 15) is 5.11 Å². The van der Waals surface area contributed by atoms with Crippen LogP contribution in [0.25, 0.3) is 0 Å². The third kappa shape index (κ3) is 4.19. The second-order valence-electron chi connectivity index (χ2n) is 7.05. The lowest BCUT2D eigenvalue weighted by Crippen LogP contribution is -2.25. The molecule has 2 atom stereocenters. The number of methoxy groups -OCH3 is 1. The van der Waals surface area contributed by atoms with Gasteiger partial charge in [0.15, 0.2) is 0 Å². The number of nitrogens with one attached hydrogen (secondary N) is 2. The molecule has 1 saturated heterocycles. The fraction of sp³-hybridized carbons (Fsp3) is 0.455. The molecule has 0 aromatic heterocycles. The molecule has 1 aliphatic heterocycles. The van der Waals surface area contributed by atoms with Crippen molar-refractivity contribution in [2.45, 2.75) is 51.0 Å². The summed E-state index contributed by atoms with van der Waals surface area (Å²) in [6, 6.07) is 14.4. The first-order valence-corrected chi connectivity index (χ1v) is 9.67. The smallest absolute Gasteiger partial charge is 0.125 e. The summed E-state index contributed by atoms with van der Waals surface area (Å²) in [6.07, 6.45) is 5.84. The lowest BCUT2D eigenvalue weighted by atomic mass is 9.87. The second-order valence-corrected chi connectivity index (χ2v) is 7.05. The Hall–Kier alpha value is -2.04. The van der Waals surface area contributed by atoms with Gasteiger partial charge in [-0.25, -0.2) is 5.43 Å². The van der Waals surface area contributed by atoms with E-state index in [1.54, 1.807) is 13.2 Å². The summed E-state index contributed by atoms with van der Waals surface area (Å²) in [5.41, 5.74) is 10.0. The summed E-state index contributed by atoms with van der Waals surface area (Å²) in [5, 5.41) is 10.6. The van der Waals surface area contributed by atoms with Crippen LogP contribution in [0.4, 0.5) is 0 Å². The number of rotatable bonds is 8. The summed E-state index contributed by atoms with van der Waals surface area (Å²) in [5.74, 6) is 1.36. The van der Waals surface area contributed by atoms with Crippen LogP contribution in [0.1, 0.15) is 61.3 Å². The van der Waals surface area contributed by atoms with Crippen LogP contribution in [0, 0.1) is 0 Å². The molecule has 1 aliphatic rings. The lowest BCUT2D eigenvalue weighted by Gasteiger charge is -2.22. The molecule has 3 rings (SSSR count). The maximum Gasteiger partial charge on any atom is 0.125 e. The molecular weight excluding hydrogens is 324 g/mol. The van der Waals surface area contributed by atoms with Crippen molar-refractivity contribution in [1.82, 2.24) is 10.9 Å². The Morgan fingerprint density at radius 3 is 2.65 bits per heavy atom. The molecule has 2 aromatic rings. The number of ether oxygens (including phenoxy) is 1. The Bertz CT molecular complexity index is 703. The van der Waals surface area contributed by atoms with Gasteiger partial charge in [0, 0.05) is 24.1 Å². The molecule has 140 valence electrons. The molecule has 4 heteroatoms. The molecule has 3 N–H and O–H groups in total. The average Bonchev–Trinajstić information content (AvgIpc) is 3.16. The molecule has 0 radical (unpaired) electrons. The largest absolute Gasteiger partial charge is 0.507 e. The number of benzene rings is 2. The van der Waals surface area contributed by atoms with Gasteiger partial charge in [0.05, 0.1) is 13.2 Å². The maximum atomic E-state index is 10.6. The van der Waals surface area contributed by atoms with Gasteiger partial charge in [-0.3, -0.25) is 5.43 Å². The molecule has 4 nitrogen and oxygen atoms in total. The Morgan fingerprint density at radius 1 is 1.12 bits per heavy atom. The van der Waals surface area contributed by atoms with E-state index in [4.69, 9.17) is 4.74 Å². The molecule has 0 saturated carbocycles. The van der Waals surface area contributed by atoms with Gasteiger partial charge < -0.3 is 9.84 Å². The molecule has 0 aliphatic carbocycles. The third-order valence-corrected chi connectivity index (χ3v) is 5.27. The van der Waals surface area contributed by atoms with Gasteiger partial charge in [-0.15, -0.1) is 0 Å². The number of unbranched alkanes of at least 4 members (excludes halogenated alkanes) is 3. The van der Waals surface area contributed by atoms with Crippen molar-refractivity contribution < 1.29 is 9.84 Å². The molecule has 26 heavy (non-hydrogen) atoms. The molecule has 0 bridgehead atoms. The zero-order valence-electron chi connectivity index (χ0n) is 15.8. The maximum absolute atomic E-state index is 10.6. The fourth-order valence-corrected chi connectivity index (χ4v) is 3.81. The summed E-state index contributed by atoms with van der Waals surface area (Å²) < 4.78 is 5.52. The number of hydrazine groups is 1. The predicted octanol–water partition coefficient (Wildman–Crippen LogP) is 4.46. The van der Waals surface area contributed by atoms with Crippen molar-refractivity contribution in [3.63, 3.8) is 0 Å². The number of aryl methyl sites for hydroxylation is 1. The van der Waals surface area contributed by atoms with Crippen LogP contribution < -0.4 is 15.6 Å². The molecule has 0 spiro atoms. The standard InChI is InChI=1S/C22H30N2O2/c1-3-4-5-7-12-17-13-18(20(25)14-21(17)26-2)22-19(15-23-24-22)16-10-8-6-9-11-16/h6,8-11,13-14,19,22-25H,3-5,7,12,15H2,1-2H3. The van der Waals surface area contributed by atoms with E-state index < -0.39 is 0 Å². The van der Waals surface area contributed by atoms with Crippen molar-refractivity contribution in [1.29, 1.82) is 0 Å². The first-order chi connectivity index (χ1) is 12.7. The minimum absolute atomic E-state index is 0.0395. The monoisotopic (exact) mass is 354 g/mol. The van der Waals surface area contributed by atoms with Crippen LogP contribution >= 0.6 is 0 Å². The van der Waals surface area contributed by atoms with E-state index in [0.717, 1.165) is 30.7 Å². The Balaban J connectivity index is 1.86. The van der Waals surface area contributed by atoms with E-state index in [2.05, 4.69) is 48.1 Å². The summed E-state index contributed by atoms with van der Waals surface area (Å²) >= 11 is 0. The van der Waals surface area contributed by atoms with E-state index in [1.807, 2.05) is 6.07 Å². The molecular formula is C22H30N2O2. The first kappa shape index (κ1) is 18.7. The minimum atomic E-state index is 0.0395. The van der Waals surface area contributed by atoms with Gasteiger partial charge in [-0.2, -0.15) is 0 Å². The van der Waals surface area contributed by atoms with Crippen LogP contribution in [-0.2, 0) is 6.42 Å². The average molecular weight is 354 g/mol. The van der Waals surface area contributed by atoms with Crippen LogP contribution in [0.3, 0.4) is 0 Å². The van der Waals surface area contributed by atoms with Crippen molar-refractivity contribution in [2.75, 3.05) is 13.7 Å². The molecule has 1 fully saturated rings. The van der Waals surface area contributed by atoms with Crippen LogP contribution in [0.15, 0.2) is 42.5 Å². The highest BCUT2D eigenvalue weighted by atomic mass is 16.5. The van der Waals surface area contributed by atoms with Gasteiger partial charge >= 0.3 is 0 Å². The molecule has 0 amide bonds. The Labute approximate surface area is 156 Å². The van der Waals surface area contributed by atoms with Gasteiger partial charge in [0.1, 0.15) is 11.5 Å². The lowest BCUT2D eigenvalue weighted by molar-refractivity contribution is 0.397. The highest BCUT2D eigenvalue weighted by molar-refractivity contribution is 5.48. The first-order valence-electron chi connectivity index (χ1n) is 9.67. The number of aromatic hydroxyl groups is 1. The van der Waals surface area contributed by atoms with Crippen molar-refractivity contribution in [3.05, 3.63) is 59.2 Å². The van der Waals surface area contributed by atoms with Gasteiger partial charge in [-0.05, 0) is 30.0 Å². The van der Waals surface area contributed by atoms with Crippen LogP contribution in [-0.4, -0.2) is 18.8 Å². The van der Waals surface area contributed by atoms with Crippen molar-refractivity contribution in [3.8, 4) is 11.5 Å². The summed E-state index contributed by atoms with van der Waals surface area (Å²) in [6.45, 7) is 3.06. The normalized spacial score (nSPS) is 19.6. The molecule has 1 heterocycles. The number of phenols is 1. The van der Waals surface area contributed by atoms with Gasteiger partial charge in [0.25, 0.3) is 0 Å². The zero-order valence-corrected chi connectivity index (χ0v) is 15.8. The van der Waals surface area contributed by atoms with Crippen LogP contribution in [0.5, 0.6) is 11.5 Å². The van der Waals surface area contributed by atoms with E-state index in [1.165, 1.54) is 30.4 Å². The summed E-state index contributed by atoms with van der Waals surface area (Å²) in [7, 11) is 1.67. The van der Waals surface area contributed by atoms with Gasteiger partial charge in [-0.1, -0.05) is 56.5 Å². The fourth-order valence-electron chi connectivity index (χ4n) is 3.81. The quantitative estimate of drug-likeness (QED) is 0.613. The van der Waals surface area contributed by atoms with E-state index in [0.29, 0.717) is 5.75 Å². The topological polar surface area (TPSA) is 53.5 Å². The van der Waals surface area contributed by atoms with E-state index in [-0.39, 0.29) is 12.0 Å². The van der Waals surface area contributed by atoms with Crippen molar-refractivity contribution in [2.24, 2.45) is 0 Å².